The van der Waals surface area contributed by atoms with Crippen LogP contribution in [-0.4, -0.2) is 33.4 Å². The molecule has 0 bridgehead atoms. The molecule has 2 rings (SSSR count). The smallest absolute Gasteiger partial charge is 0.235 e. The third-order valence-corrected chi connectivity index (χ3v) is 4.42. The molecule has 1 heterocycles. The van der Waals surface area contributed by atoms with Gasteiger partial charge in [0.05, 0.1) is 18.5 Å². The largest absolute Gasteiger partial charge is 0.378 e. The number of anilines is 1. The summed E-state index contributed by atoms with van der Waals surface area (Å²) < 4.78 is 31.8. The molecule has 6 heteroatoms. The van der Waals surface area contributed by atoms with E-state index in [0.29, 0.717) is 5.69 Å². The minimum Gasteiger partial charge on any atom is -0.378 e. The van der Waals surface area contributed by atoms with Gasteiger partial charge in [-0.2, -0.15) is 0 Å². The highest BCUT2D eigenvalue weighted by Crippen LogP contribution is 2.19. The number of fused-ring (bicyclic) bond motifs is 1. The molecule has 0 saturated heterocycles. The fourth-order valence-electron chi connectivity index (χ4n) is 2.17. The van der Waals surface area contributed by atoms with Crippen molar-refractivity contribution in [3.8, 4) is 0 Å². The molecular formula is C14H22N2O3S. The second-order valence-corrected chi connectivity index (χ2v) is 7.09. The van der Waals surface area contributed by atoms with Crippen LogP contribution < -0.4 is 10.0 Å². The number of benzene rings is 1. The van der Waals surface area contributed by atoms with E-state index in [-0.39, 0.29) is 18.5 Å². The second-order valence-electron chi connectivity index (χ2n) is 5.25. The first-order valence-corrected chi connectivity index (χ1v) is 8.56. The van der Waals surface area contributed by atoms with Gasteiger partial charge in [-0.15, -0.1) is 0 Å². The quantitative estimate of drug-likeness (QED) is 0.835. The molecule has 112 valence electrons. The van der Waals surface area contributed by atoms with Crippen molar-refractivity contribution in [3.05, 3.63) is 29.3 Å². The number of hydrogen-bond donors (Lipinski definition) is 2. The van der Waals surface area contributed by atoms with Gasteiger partial charge in [0.1, 0.15) is 0 Å². The Morgan fingerprint density at radius 3 is 2.90 bits per heavy atom. The van der Waals surface area contributed by atoms with Crippen LogP contribution in [0.15, 0.2) is 18.2 Å². The van der Waals surface area contributed by atoms with Gasteiger partial charge < -0.3 is 10.1 Å². The Morgan fingerprint density at radius 1 is 1.35 bits per heavy atom. The zero-order chi connectivity index (χ0) is 14.6. The highest BCUT2D eigenvalue weighted by atomic mass is 32.2. The third-order valence-electron chi connectivity index (χ3n) is 3.17. The van der Waals surface area contributed by atoms with Crippen molar-refractivity contribution in [3.63, 3.8) is 0 Å². The van der Waals surface area contributed by atoms with Crippen molar-refractivity contribution in [2.24, 2.45) is 0 Å². The van der Waals surface area contributed by atoms with E-state index < -0.39 is 10.0 Å². The van der Waals surface area contributed by atoms with E-state index in [1.807, 2.05) is 32.0 Å². The van der Waals surface area contributed by atoms with Crippen LogP contribution in [0.5, 0.6) is 0 Å². The van der Waals surface area contributed by atoms with Crippen LogP contribution in [0.1, 0.15) is 25.0 Å². The van der Waals surface area contributed by atoms with Crippen molar-refractivity contribution < 1.29 is 13.2 Å². The molecule has 0 amide bonds. The maximum absolute atomic E-state index is 11.9. The minimum atomic E-state index is -3.35. The summed E-state index contributed by atoms with van der Waals surface area (Å²) in [4.78, 5) is 0. The summed E-state index contributed by atoms with van der Waals surface area (Å²) in [5, 5.41) is 3.28. The molecular weight excluding hydrogens is 276 g/mol. The lowest BCUT2D eigenvalue weighted by Gasteiger charge is -2.18. The van der Waals surface area contributed by atoms with Crippen LogP contribution in [0, 0.1) is 0 Å². The van der Waals surface area contributed by atoms with E-state index in [1.54, 1.807) is 0 Å². The first kappa shape index (κ1) is 15.3. The number of rotatable bonds is 6. The van der Waals surface area contributed by atoms with Crippen LogP contribution in [0.25, 0.3) is 0 Å². The van der Waals surface area contributed by atoms with Crippen molar-refractivity contribution in [1.82, 2.24) is 5.32 Å². The maximum Gasteiger partial charge on any atom is 0.235 e. The van der Waals surface area contributed by atoms with E-state index in [4.69, 9.17) is 4.74 Å². The molecule has 0 aromatic heterocycles. The summed E-state index contributed by atoms with van der Waals surface area (Å²) in [6, 6.07) is 5.73. The molecule has 1 aliphatic heterocycles. The van der Waals surface area contributed by atoms with Crippen LogP contribution in [0.4, 0.5) is 5.69 Å². The fraction of sp³-hybridized carbons (Fsp3) is 0.571. The van der Waals surface area contributed by atoms with Crippen molar-refractivity contribution in [1.29, 1.82) is 0 Å². The Hall–Kier alpha value is -1.11. The van der Waals surface area contributed by atoms with E-state index in [9.17, 15) is 8.42 Å². The predicted molar refractivity (Wildman–Crippen MR) is 80.4 cm³/mol. The summed E-state index contributed by atoms with van der Waals surface area (Å²) in [6.45, 7) is 5.75. The molecule has 0 fully saturated rings. The second kappa shape index (κ2) is 6.56. The summed E-state index contributed by atoms with van der Waals surface area (Å²) in [7, 11) is -3.35. The van der Waals surface area contributed by atoms with Crippen LogP contribution in [0.2, 0.25) is 0 Å². The molecule has 0 atom stereocenters. The fourth-order valence-corrected chi connectivity index (χ4v) is 3.07. The van der Waals surface area contributed by atoms with Crippen LogP contribution in [0.3, 0.4) is 0 Å². The highest BCUT2D eigenvalue weighted by molar-refractivity contribution is 7.92. The van der Waals surface area contributed by atoms with Gasteiger partial charge in [-0.3, -0.25) is 4.72 Å². The molecule has 0 unspecified atom stereocenters. The van der Waals surface area contributed by atoms with Crippen molar-refractivity contribution in [2.75, 3.05) is 23.6 Å². The molecule has 1 aromatic carbocycles. The average molecular weight is 298 g/mol. The van der Waals surface area contributed by atoms with Gasteiger partial charge in [0.15, 0.2) is 0 Å². The number of hydrogen-bond acceptors (Lipinski definition) is 4. The standard InChI is InChI=1S/C14H22N2O3S/c1-11(2)19-7-8-20(17,18)16-14-4-3-12-5-6-15-10-13(12)9-14/h3-4,9,11,15-16H,5-8,10H2,1-2H3. The zero-order valence-electron chi connectivity index (χ0n) is 12.0. The summed E-state index contributed by atoms with van der Waals surface area (Å²) in [5.41, 5.74) is 3.07. The SMILES string of the molecule is CC(C)OCCS(=O)(=O)Nc1ccc2c(c1)CNCC2. The Morgan fingerprint density at radius 2 is 2.15 bits per heavy atom. The van der Waals surface area contributed by atoms with Gasteiger partial charge in [-0.05, 0) is 50.1 Å². The highest BCUT2D eigenvalue weighted by Gasteiger charge is 2.13. The molecule has 0 radical (unpaired) electrons. The molecule has 0 aliphatic carbocycles. The molecule has 1 aromatic rings. The van der Waals surface area contributed by atoms with Gasteiger partial charge in [0, 0.05) is 12.2 Å². The number of ether oxygens (including phenoxy) is 1. The Bertz CT molecular complexity index is 556. The Balaban J connectivity index is 1.98. The topological polar surface area (TPSA) is 67.4 Å². The first-order chi connectivity index (χ1) is 9.46. The molecule has 20 heavy (non-hydrogen) atoms. The summed E-state index contributed by atoms with van der Waals surface area (Å²) >= 11 is 0. The maximum atomic E-state index is 11.9. The van der Waals surface area contributed by atoms with Gasteiger partial charge in [-0.25, -0.2) is 8.42 Å². The Labute approximate surface area is 120 Å². The van der Waals surface area contributed by atoms with Crippen LogP contribution in [-0.2, 0) is 27.7 Å². The molecule has 1 aliphatic rings. The lowest BCUT2D eigenvalue weighted by molar-refractivity contribution is 0.0913. The average Bonchev–Trinajstić information content (AvgIpc) is 2.37. The molecule has 5 nitrogen and oxygen atoms in total. The van der Waals surface area contributed by atoms with E-state index >= 15 is 0 Å². The lowest BCUT2D eigenvalue weighted by Crippen LogP contribution is -2.24. The predicted octanol–water partition coefficient (Wildman–Crippen LogP) is 1.50. The normalized spacial score (nSPS) is 15.2. The van der Waals surface area contributed by atoms with Crippen LogP contribution >= 0.6 is 0 Å². The minimum absolute atomic E-state index is 0.0273. The Kier molecular flexibility index (Phi) is 5.01. The summed E-state index contributed by atoms with van der Waals surface area (Å²) in [6.07, 6.45) is 1.03. The van der Waals surface area contributed by atoms with Crippen molar-refractivity contribution in [2.45, 2.75) is 32.9 Å². The third kappa shape index (κ3) is 4.47. The van der Waals surface area contributed by atoms with Gasteiger partial charge in [0.25, 0.3) is 0 Å². The van der Waals surface area contributed by atoms with E-state index in [1.165, 1.54) is 5.56 Å². The monoisotopic (exact) mass is 298 g/mol. The zero-order valence-corrected chi connectivity index (χ0v) is 12.8. The summed E-state index contributed by atoms with van der Waals surface area (Å²) in [5.74, 6) is -0.0273. The van der Waals surface area contributed by atoms with Crippen molar-refractivity contribution >= 4 is 15.7 Å². The van der Waals surface area contributed by atoms with Gasteiger partial charge in [0.2, 0.25) is 10.0 Å². The van der Waals surface area contributed by atoms with E-state index in [2.05, 4.69) is 10.0 Å². The molecule has 0 spiro atoms. The molecule has 2 N–H and O–H groups in total. The van der Waals surface area contributed by atoms with Gasteiger partial charge in [-0.1, -0.05) is 6.07 Å². The van der Waals surface area contributed by atoms with E-state index in [0.717, 1.165) is 25.1 Å². The van der Waals surface area contributed by atoms with Gasteiger partial charge >= 0.3 is 0 Å². The first-order valence-electron chi connectivity index (χ1n) is 6.91. The number of sulfonamides is 1. The lowest BCUT2D eigenvalue weighted by atomic mass is 10.0. The number of nitrogens with one attached hydrogen (secondary N) is 2. The molecule has 0 saturated carbocycles.